The molecule has 0 aliphatic carbocycles. The van der Waals surface area contributed by atoms with Gasteiger partial charge in [-0.15, -0.1) is 11.8 Å². The molecule has 2 aromatic carbocycles. The number of aromatic nitrogens is 2. The first-order valence-electron chi connectivity index (χ1n) is 21.8. The molecule has 15 nitrogen and oxygen atoms in total. The molecule has 0 bridgehead atoms. The number of ketones is 1. The number of rotatable bonds is 16. The number of thioether (sulfide) groups is 1. The van der Waals surface area contributed by atoms with Crippen LogP contribution in [0.4, 0.5) is 15.4 Å². The third-order valence-electron chi connectivity index (χ3n) is 10.5. The third-order valence-corrected chi connectivity index (χ3v) is 12.1. The molecule has 2 aliphatic rings. The number of hydrogen-bond donors (Lipinski definition) is 3. The number of nitrogens with one attached hydrogen (secondary N) is 3. The Labute approximate surface area is 398 Å². The summed E-state index contributed by atoms with van der Waals surface area (Å²) in [6.07, 6.45) is 3.95. The summed E-state index contributed by atoms with van der Waals surface area (Å²) in [7, 11) is 6.07. The van der Waals surface area contributed by atoms with E-state index in [1.807, 2.05) is 96.3 Å². The van der Waals surface area contributed by atoms with Gasteiger partial charge in [0, 0.05) is 101 Å². The van der Waals surface area contributed by atoms with Gasteiger partial charge in [-0.25, -0.2) is 9.59 Å². The molecule has 3 N–H and O–H groups in total. The molecule has 65 heavy (non-hydrogen) atoms. The van der Waals surface area contributed by atoms with Crippen LogP contribution in [0.2, 0.25) is 10.0 Å². The van der Waals surface area contributed by atoms with Crippen molar-refractivity contribution in [3.63, 3.8) is 0 Å². The highest BCUT2D eigenvalue weighted by Gasteiger charge is 2.32. The molecule has 3 heterocycles. The van der Waals surface area contributed by atoms with E-state index < -0.39 is 36.0 Å². The van der Waals surface area contributed by atoms with Crippen molar-refractivity contribution >= 4 is 58.8 Å². The number of alkyl carbamates (subject to hydrolysis) is 2. The molecule has 3 aromatic rings. The quantitative estimate of drug-likeness (QED) is 0.0921. The maximum atomic E-state index is 13.4. The average Bonchev–Trinajstić information content (AvgIpc) is 3.65. The number of likely N-dealkylation sites (tertiary alicyclic amines) is 1. The fourth-order valence-corrected chi connectivity index (χ4v) is 8.92. The van der Waals surface area contributed by atoms with Crippen LogP contribution in [0.1, 0.15) is 95.9 Å². The van der Waals surface area contributed by atoms with E-state index in [0.29, 0.717) is 41.5 Å². The van der Waals surface area contributed by atoms with Crippen LogP contribution in [0.25, 0.3) is 0 Å². The van der Waals surface area contributed by atoms with Crippen LogP contribution in [-0.4, -0.2) is 124 Å². The maximum Gasteiger partial charge on any atom is 0.407 e. The Kier molecular flexibility index (Phi) is 20.8. The SMILES string of the molecule is COC(OC)C(=O)/C(Cc1ccccc1Cl)=C(\SC)N1CCC[C@@H](NC(=O)OC(C)(C)C)C1.COC(OC)c1[nH]nc(N2CCC[C@@H](NC(=O)OC(C)(C)C)C2)c1Cc1ccccc1Cl. The predicted octanol–water partition coefficient (Wildman–Crippen LogP) is 9.07. The molecule has 2 fully saturated rings. The summed E-state index contributed by atoms with van der Waals surface area (Å²) >= 11 is 14.3. The summed E-state index contributed by atoms with van der Waals surface area (Å²) in [5, 5.41) is 15.8. The standard InChI is InChI=1S/C24H35ClN2O5S.C23H33ClN4O4/c1-24(2,3)32-23(29)26-17-11-9-13-27(15-17)21(33-6)18(20(28)22(30-4)31-5)14-16-10-7-8-12-19(16)25;1-23(2,3)32-22(29)25-16-10-8-12-28(14-16)20-17(13-15-9-6-7-11-18(15)24)19(26-27-20)21(30-4)31-5/h7-8,10,12,17,22H,9,11,13-15H2,1-6H3,(H,26,29);6-7,9,11,16,21H,8,10,12-14H2,1-5H3,(H,25,29)(H,26,27)/b21-18-;/t17-;16-/m11/s1. The predicted molar refractivity (Wildman–Crippen MR) is 257 cm³/mol. The Morgan fingerprint density at radius 2 is 1.31 bits per heavy atom. The van der Waals surface area contributed by atoms with E-state index in [2.05, 4.69) is 30.6 Å². The van der Waals surface area contributed by atoms with Crippen molar-refractivity contribution in [3.05, 3.63) is 91.6 Å². The smallest absolute Gasteiger partial charge is 0.407 e. The number of benzene rings is 2. The Bertz CT molecular complexity index is 2050. The number of halogens is 2. The molecule has 2 atom stereocenters. The molecule has 0 spiro atoms. The molecule has 0 unspecified atom stereocenters. The lowest BCUT2D eigenvalue weighted by molar-refractivity contribution is -0.152. The maximum absolute atomic E-state index is 13.4. The average molecular weight is 964 g/mol. The zero-order valence-electron chi connectivity index (χ0n) is 39.7. The zero-order valence-corrected chi connectivity index (χ0v) is 42.0. The van der Waals surface area contributed by atoms with Gasteiger partial charge >= 0.3 is 12.2 Å². The van der Waals surface area contributed by atoms with E-state index in [1.165, 1.54) is 26.0 Å². The lowest BCUT2D eigenvalue weighted by atomic mass is 10.00. The van der Waals surface area contributed by atoms with Crippen molar-refractivity contribution < 1.29 is 42.8 Å². The van der Waals surface area contributed by atoms with Gasteiger partial charge in [0.25, 0.3) is 0 Å². The van der Waals surface area contributed by atoms with Gasteiger partial charge in [0.05, 0.1) is 10.7 Å². The zero-order chi connectivity index (χ0) is 47.9. The molecule has 1 aromatic heterocycles. The Balaban J connectivity index is 0.000000285. The second-order valence-electron chi connectivity index (χ2n) is 17.8. The number of Topliss-reactive ketones (excluding diaryl/α,β-unsaturated/α-hetero) is 1. The fraction of sp³-hybridized carbons (Fsp3) is 0.574. The van der Waals surface area contributed by atoms with E-state index in [1.54, 1.807) is 14.2 Å². The van der Waals surface area contributed by atoms with Crippen molar-refractivity contribution in [1.29, 1.82) is 0 Å². The number of amides is 2. The van der Waals surface area contributed by atoms with Crippen molar-refractivity contribution in [2.75, 3.05) is 65.8 Å². The Morgan fingerprint density at radius 1 is 0.785 bits per heavy atom. The number of nitrogens with zero attached hydrogens (tertiary/aromatic N) is 3. The van der Waals surface area contributed by atoms with Gasteiger partial charge in [0.15, 0.2) is 12.1 Å². The summed E-state index contributed by atoms with van der Waals surface area (Å²) in [6, 6.07) is 15.1. The monoisotopic (exact) mass is 962 g/mol. The molecule has 2 aliphatic heterocycles. The number of carbonyl (C=O) groups is 3. The minimum Gasteiger partial charge on any atom is -0.444 e. The van der Waals surface area contributed by atoms with Gasteiger partial charge in [-0.05, 0) is 96.7 Å². The van der Waals surface area contributed by atoms with Crippen LogP contribution >= 0.6 is 35.0 Å². The summed E-state index contributed by atoms with van der Waals surface area (Å²) in [5.41, 5.74) is 3.03. The molecule has 360 valence electrons. The summed E-state index contributed by atoms with van der Waals surface area (Å²) in [5.74, 6) is 0.571. The van der Waals surface area contributed by atoms with Gasteiger partial charge in [0.1, 0.15) is 11.2 Å². The normalized spacial score (nSPS) is 17.3. The van der Waals surface area contributed by atoms with Crippen molar-refractivity contribution in [3.8, 4) is 0 Å². The lowest BCUT2D eigenvalue weighted by Gasteiger charge is -2.37. The number of H-pyrrole nitrogens is 1. The molecule has 0 radical (unpaired) electrons. The molecule has 5 rings (SSSR count). The van der Waals surface area contributed by atoms with Crippen LogP contribution in [0.5, 0.6) is 0 Å². The van der Waals surface area contributed by atoms with Crippen molar-refractivity contribution in [2.24, 2.45) is 0 Å². The van der Waals surface area contributed by atoms with Gasteiger partial charge in [0.2, 0.25) is 12.1 Å². The van der Waals surface area contributed by atoms with Crippen LogP contribution < -0.4 is 15.5 Å². The Hall–Kier alpha value is -4.03. The first kappa shape index (κ1) is 53.6. The number of carbonyl (C=O) groups excluding carboxylic acids is 3. The summed E-state index contributed by atoms with van der Waals surface area (Å²) < 4.78 is 32.4. The second-order valence-corrected chi connectivity index (χ2v) is 19.4. The topological polar surface area (TPSA) is 166 Å². The third kappa shape index (κ3) is 16.4. The van der Waals surface area contributed by atoms with Gasteiger partial charge in [-0.2, -0.15) is 5.10 Å². The van der Waals surface area contributed by atoms with Crippen LogP contribution in [-0.2, 0) is 46.1 Å². The largest absolute Gasteiger partial charge is 0.444 e. The highest BCUT2D eigenvalue weighted by Crippen LogP contribution is 2.34. The van der Waals surface area contributed by atoms with Crippen LogP contribution in [0.15, 0.2) is 59.1 Å². The first-order chi connectivity index (χ1) is 30.8. The summed E-state index contributed by atoms with van der Waals surface area (Å²) in [4.78, 5) is 42.3. The Morgan fingerprint density at radius 3 is 1.82 bits per heavy atom. The minimum atomic E-state index is -1.01. The molecule has 2 amide bonds. The number of hydrogen-bond acceptors (Lipinski definition) is 13. The minimum absolute atomic E-state index is 0.0347. The highest BCUT2D eigenvalue weighted by molar-refractivity contribution is 8.02. The number of ether oxygens (including phenoxy) is 6. The van der Waals surface area contributed by atoms with E-state index >= 15 is 0 Å². The second kappa shape index (κ2) is 25.2. The van der Waals surface area contributed by atoms with E-state index in [4.69, 9.17) is 51.6 Å². The summed E-state index contributed by atoms with van der Waals surface area (Å²) in [6.45, 7) is 13.9. The van der Waals surface area contributed by atoms with Crippen molar-refractivity contribution in [2.45, 2.75) is 116 Å². The number of aromatic amines is 1. The van der Waals surface area contributed by atoms with E-state index in [-0.39, 0.29) is 17.9 Å². The fourth-order valence-electron chi connectivity index (χ4n) is 7.67. The molecule has 2 saturated heterocycles. The molecule has 0 saturated carbocycles. The van der Waals surface area contributed by atoms with E-state index in [9.17, 15) is 14.4 Å². The van der Waals surface area contributed by atoms with Gasteiger partial charge < -0.3 is 48.9 Å². The number of piperidine rings is 2. The highest BCUT2D eigenvalue weighted by atomic mass is 35.5. The first-order valence-corrected chi connectivity index (χ1v) is 23.7. The van der Waals surface area contributed by atoms with E-state index in [0.717, 1.165) is 72.0 Å². The van der Waals surface area contributed by atoms with Crippen LogP contribution in [0, 0.1) is 0 Å². The molecule has 18 heteroatoms. The van der Waals surface area contributed by atoms with Crippen LogP contribution in [0.3, 0.4) is 0 Å². The van der Waals surface area contributed by atoms with Gasteiger partial charge in [-0.1, -0.05) is 59.6 Å². The van der Waals surface area contributed by atoms with Gasteiger partial charge in [-0.3, -0.25) is 9.89 Å². The lowest BCUT2D eigenvalue weighted by Crippen LogP contribution is -2.49. The molecular weight excluding hydrogens is 896 g/mol. The number of methoxy groups -OCH3 is 4. The van der Waals surface area contributed by atoms with Crippen molar-refractivity contribution in [1.82, 2.24) is 25.7 Å². The molecular formula is C47H68Cl2N6O9S. The number of anilines is 1.